The van der Waals surface area contributed by atoms with Gasteiger partial charge in [0, 0.05) is 44.2 Å². The van der Waals surface area contributed by atoms with E-state index in [-0.39, 0.29) is 30.6 Å². The van der Waals surface area contributed by atoms with Crippen LogP contribution in [-0.4, -0.2) is 43.5 Å². The monoisotopic (exact) mass is 748 g/mol. The molecule has 0 radical (unpaired) electrons. The number of ether oxygens (including phenoxy) is 2. The molecular formula is C42H48N6O5S. The standard InChI is InChI=1S/C42H48N6O5S/c1-48-28-45-47-42(48)54-27-35-24-38(32-17-15-29(26-49)16-18-32)53-41(52-35)33-21-19-31(20-22-33)34-10-8-9-30(23-34)25-44-39(50)13-4-2-3-5-14-40(51)46-37-12-7-6-11-36(37)43/h6-12,15-23,28,35,38,41,49H,2-5,13-14,24-27,43H2,1H3,(H,44,50)(H,46,51)/t35-,38+,41+/m0/s1. The number of aliphatic hydroxyl groups is 1. The van der Waals surface area contributed by atoms with Gasteiger partial charge in [-0.25, -0.2) is 0 Å². The number of nitrogen functional groups attached to an aromatic ring is 1. The van der Waals surface area contributed by atoms with Gasteiger partial charge in [0.05, 0.1) is 30.2 Å². The van der Waals surface area contributed by atoms with Gasteiger partial charge in [-0.15, -0.1) is 10.2 Å². The molecule has 0 spiro atoms. The van der Waals surface area contributed by atoms with Gasteiger partial charge in [-0.1, -0.05) is 103 Å². The third kappa shape index (κ3) is 11.0. The number of nitrogens with two attached hydrogens (primary N) is 1. The number of aryl methyl sites for hydroxylation is 1. The average Bonchev–Trinajstić information content (AvgIpc) is 3.62. The maximum atomic E-state index is 12.6. The SMILES string of the molecule is Cn1cnnc1SC[C@@H]1C[C@H](c2ccc(CO)cc2)O[C@H](c2ccc(-c3cccc(CNC(=O)CCCCCCC(=O)Nc4ccccc4N)c3)cc2)O1. The van der Waals surface area contributed by atoms with Gasteiger partial charge in [0.15, 0.2) is 11.4 Å². The maximum absolute atomic E-state index is 12.6. The highest BCUT2D eigenvalue weighted by Gasteiger charge is 2.32. The zero-order valence-electron chi connectivity index (χ0n) is 30.5. The number of carbonyl (C=O) groups is 2. The molecule has 2 heterocycles. The summed E-state index contributed by atoms with van der Waals surface area (Å²) in [5.41, 5.74) is 13.0. The van der Waals surface area contributed by atoms with Gasteiger partial charge in [-0.3, -0.25) is 9.59 Å². The summed E-state index contributed by atoms with van der Waals surface area (Å²) in [6.07, 6.45) is 5.75. The van der Waals surface area contributed by atoms with Crippen LogP contribution in [0.2, 0.25) is 0 Å². The second-order valence-corrected chi connectivity index (χ2v) is 14.5. The van der Waals surface area contributed by atoms with Crippen LogP contribution in [0.5, 0.6) is 0 Å². The van der Waals surface area contributed by atoms with E-state index in [0.29, 0.717) is 42.9 Å². The summed E-state index contributed by atoms with van der Waals surface area (Å²) in [5, 5.41) is 24.5. The molecule has 1 fully saturated rings. The molecule has 1 aliphatic heterocycles. The van der Waals surface area contributed by atoms with Crippen molar-refractivity contribution in [1.29, 1.82) is 0 Å². The number of amides is 2. The minimum absolute atomic E-state index is 0.00338. The summed E-state index contributed by atoms with van der Waals surface area (Å²) in [4.78, 5) is 24.8. The fourth-order valence-corrected chi connectivity index (χ4v) is 7.23. The lowest BCUT2D eigenvalue weighted by Gasteiger charge is -2.36. The van der Waals surface area contributed by atoms with E-state index in [1.165, 1.54) is 0 Å². The number of carbonyl (C=O) groups excluding carboxylic acids is 2. The van der Waals surface area contributed by atoms with Crippen LogP contribution in [0, 0.1) is 0 Å². The average molecular weight is 749 g/mol. The molecule has 54 heavy (non-hydrogen) atoms. The number of aliphatic hydroxyl groups excluding tert-OH is 1. The van der Waals surface area contributed by atoms with Crippen molar-refractivity contribution in [2.75, 3.05) is 16.8 Å². The molecule has 3 atom stereocenters. The lowest BCUT2D eigenvalue weighted by atomic mass is 9.99. The highest BCUT2D eigenvalue weighted by atomic mass is 32.2. The molecule has 0 aliphatic carbocycles. The van der Waals surface area contributed by atoms with Gasteiger partial charge in [0.2, 0.25) is 11.8 Å². The number of anilines is 2. The highest BCUT2D eigenvalue weighted by molar-refractivity contribution is 7.99. The molecule has 11 nitrogen and oxygen atoms in total. The van der Waals surface area contributed by atoms with Crippen molar-refractivity contribution in [3.63, 3.8) is 0 Å². The zero-order valence-corrected chi connectivity index (χ0v) is 31.3. The second-order valence-electron chi connectivity index (χ2n) is 13.5. The Hall–Kier alpha value is -5.01. The molecule has 1 aromatic heterocycles. The first kappa shape index (κ1) is 38.7. The van der Waals surface area contributed by atoms with Gasteiger partial charge in [-0.2, -0.15) is 0 Å². The summed E-state index contributed by atoms with van der Waals surface area (Å²) >= 11 is 1.61. The predicted molar refractivity (Wildman–Crippen MR) is 211 cm³/mol. The molecule has 5 aromatic rings. The number of nitrogens with one attached hydrogen (secondary N) is 2. The normalized spacial score (nSPS) is 16.9. The largest absolute Gasteiger partial charge is 0.397 e. The summed E-state index contributed by atoms with van der Waals surface area (Å²) in [5.74, 6) is 0.669. The van der Waals surface area contributed by atoms with Crippen LogP contribution in [-0.2, 0) is 39.3 Å². The molecule has 0 bridgehead atoms. The van der Waals surface area contributed by atoms with E-state index in [0.717, 1.165) is 64.2 Å². The number of aromatic nitrogens is 3. The first-order chi connectivity index (χ1) is 26.3. The molecule has 0 unspecified atom stereocenters. The molecular weight excluding hydrogens is 701 g/mol. The predicted octanol–water partition coefficient (Wildman–Crippen LogP) is 7.49. The summed E-state index contributed by atoms with van der Waals surface area (Å²) in [6.45, 7) is 0.447. The Labute approximate surface area is 320 Å². The molecule has 12 heteroatoms. The maximum Gasteiger partial charge on any atom is 0.224 e. The fourth-order valence-electron chi connectivity index (χ4n) is 6.32. The van der Waals surface area contributed by atoms with Crippen LogP contribution in [0.4, 0.5) is 11.4 Å². The Morgan fingerprint density at radius 1 is 0.852 bits per heavy atom. The van der Waals surface area contributed by atoms with Crippen LogP contribution >= 0.6 is 11.8 Å². The van der Waals surface area contributed by atoms with E-state index in [1.54, 1.807) is 30.2 Å². The number of unbranched alkanes of at least 4 members (excludes halogenated alkanes) is 3. The van der Waals surface area contributed by atoms with Crippen molar-refractivity contribution in [3.05, 3.63) is 126 Å². The van der Waals surface area contributed by atoms with Crippen molar-refractivity contribution >= 4 is 35.0 Å². The Kier molecular flexibility index (Phi) is 13.9. The number of thioether (sulfide) groups is 1. The molecule has 282 valence electrons. The van der Waals surface area contributed by atoms with Gasteiger partial charge >= 0.3 is 0 Å². The minimum Gasteiger partial charge on any atom is -0.397 e. The lowest BCUT2D eigenvalue weighted by Crippen LogP contribution is -2.31. The molecule has 2 amide bonds. The fraction of sp³-hybridized carbons (Fsp3) is 0.333. The van der Waals surface area contributed by atoms with Crippen molar-refractivity contribution in [2.24, 2.45) is 7.05 Å². The van der Waals surface area contributed by atoms with E-state index in [1.807, 2.05) is 72.3 Å². The lowest BCUT2D eigenvalue weighted by molar-refractivity contribution is -0.245. The van der Waals surface area contributed by atoms with Gasteiger partial charge in [-0.05, 0) is 58.9 Å². The quantitative estimate of drug-likeness (QED) is 0.0430. The summed E-state index contributed by atoms with van der Waals surface area (Å²) in [7, 11) is 1.93. The third-order valence-corrected chi connectivity index (χ3v) is 10.6. The van der Waals surface area contributed by atoms with E-state index < -0.39 is 6.29 Å². The number of benzene rings is 4. The number of para-hydroxylation sites is 2. The van der Waals surface area contributed by atoms with Crippen LogP contribution < -0.4 is 16.4 Å². The first-order valence-electron chi connectivity index (χ1n) is 18.4. The molecule has 0 saturated carbocycles. The Balaban J connectivity index is 0.976. The van der Waals surface area contributed by atoms with Crippen molar-refractivity contribution in [3.8, 4) is 11.1 Å². The number of rotatable bonds is 17. The van der Waals surface area contributed by atoms with Crippen molar-refractivity contribution in [1.82, 2.24) is 20.1 Å². The Bertz CT molecular complexity index is 1970. The number of nitrogens with zero attached hydrogens (tertiary/aromatic N) is 3. The molecule has 1 aliphatic rings. The third-order valence-electron chi connectivity index (χ3n) is 9.41. The van der Waals surface area contributed by atoms with Crippen LogP contribution in [0.15, 0.2) is 109 Å². The smallest absolute Gasteiger partial charge is 0.224 e. The second kappa shape index (κ2) is 19.4. The molecule has 4 aromatic carbocycles. The van der Waals surface area contributed by atoms with Crippen LogP contribution in [0.3, 0.4) is 0 Å². The number of hydrogen-bond donors (Lipinski definition) is 4. The zero-order chi connectivity index (χ0) is 37.7. The van der Waals surface area contributed by atoms with Crippen LogP contribution in [0.25, 0.3) is 11.1 Å². The Morgan fingerprint density at radius 3 is 2.31 bits per heavy atom. The molecule has 1 saturated heterocycles. The Morgan fingerprint density at radius 2 is 1.59 bits per heavy atom. The minimum atomic E-state index is -0.555. The highest BCUT2D eigenvalue weighted by Crippen LogP contribution is 2.39. The summed E-state index contributed by atoms with van der Waals surface area (Å²) in [6, 6.07) is 31.5. The van der Waals surface area contributed by atoms with Gasteiger partial charge in [0.1, 0.15) is 6.33 Å². The molecule has 5 N–H and O–H groups in total. The summed E-state index contributed by atoms with van der Waals surface area (Å²) < 4.78 is 14.9. The van der Waals surface area contributed by atoms with Crippen molar-refractivity contribution in [2.45, 2.75) is 81.8 Å². The topological polar surface area (TPSA) is 154 Å². The van der Waals surface area contributed by atoms with Crippen molar-refractivity contribution < 1.29 is 24.2 Å². The van der Waals surface area contributed by atoms with E-state index in [9.17, 15) is 14.7 Å². The van der Waals surface area contributed by atoms with Gasteiger partial charge < -0.3 is 35.5 Å². The van der Waals surface area contributed by atoms with Crippen LogP contribution in [0.1, 0.15) is 79.6 Å². The molecule has 6 rings (SSSR count). The van der Waals surface area contributed by atoms with E-state index >= 15 is 0 Å². The van der Waals surface area contributed by atoms with E-state index in [2.05, 4.69) is 45.1 Å². The number of hydrogen-bond acceptors (Lipinski definition) is 9. The first-order valence-corrected chi connectivity index (χ1v) is 19.4. The van der Waals surface area contributed by atoms with E-state index in [4.69, 9.17) is 15.2 Å². The van der Waals surface area contributed by atoms with Gasteiger partial charge in [0.25, 0.3) is 0 Å².